The Bertz CT molecular complexity index is 753. The van der Waals surface area contributed by atoms with Gasteiger partial charge in [-0.05, 0) is 25.0 Å². The van der Waals surface area contributed by atoms with E-state index >= 15 is 0 Å². The van der Waals surface area contributed by atoms with Crippen molar-refractivity contribution in [2.45, 2.75) is 36.9 Å². The summed E-state index contributed by atoms with van der Waals surface area (Å²) in [6.45, 7) is 0. The highest BCUT2D eigenvalue weighted by molar-refractivity contribution is 7.99. The standard InChI is InChI=1S/C18H22N4O2S/c1-22-11-10-19-18(22)25-12-16(23)21-15-9-5-4-8-14(15)17(24)20-13-6-2-3-7-13/h4-5,8-11,13H,2-3,6-7,12H2,1H3,(H,20,24)(H,21,23). The second kappa shape index (κ2) is 8.20. The summed E-state index contributed by atoms with van der Waals surface area (Å²) in [4.78, 5) is 28.9. The fourth-order valence-electron chi connectivity index (χ4n) is 2.93. The lowest BCUT2D eigenvalue weighted by Crippen LogP contribution is -2.33. The van der Waals surface area contributed by atoms with Crippen LogP contribution in [-0.4, -0.2) is 33.2 Å². The lowest BCUT2D eigenvalue weighted by molar-refractivity contribution is -0.113. The molecule has 1 saturated carbocycles. The third kappa shape index (κ3) is 4.63. The summed E-state index contributed by atoms with van der Waals surface area (Å²) in [5.41, 5.74) is 1.05. The van der Waals surface area contributed by atoms with Gasteiger partial charge in [0.05, 0.1) is 17.0 Å². The average molecular weight is 358 g/mol. The molecule has 2 aromatic rings. The number of thioether (sulfide) groups is 1. The monoisotopic (exact) mass is 358 g/mol. The molecule has 2 amide bonds. The number of nitrogens with zero attached hydrogens (tertiary/aromatic N) is 2. The molecule has 7 heteroatoms. The van der Waals surface area contributed by atoms with Crippen LogP contribution in [0.3, 0.4) is 0 Å². The normalized spacial score (nSPS) is 14.4. The molecule has 1 aromatic heterocycles. The first-order valence-corrected chi connectivity index (χ1v) is 9.42. The van der Waals surface area contributed by atoms with Crippen molar-refractivity contribution >= 4 is 29.3 Å². The van der Waals surface area contributed by atoms with E-state index in [2.05, 4.69) is 15.6 Å². The van der Waals surface area contributed by atoms with E-state index in [0.29, 0.717) is 11.3 Å². The predicted octanol–water partition coefficient (Wildman–Crippen LogP) is 2.82. The maximum absolute atomic E-state index is 12.5. The van der Waals surface area contributed by atoms with Gasteiger partial charge in [0.2, 0.25) is 5.91 Å². The van der Waals surface area contributed by atoms with Gasteiger partial charge in [-0.15, -0.1) is 0 Å². The van der Waals surface area contributed by atoms with E-state index in [0.717, 1.165) is 30.8 Å². The number of anilines is 1. The zero-order valence-electron chi connectivity index (χ0n) is 14.2. The Kier molecular flexibility index (Phi) is 5.75. The Hall–Kier alpha value is -2.28. The molecule has 2 N–H and O–H groups in total. The minimum Gasteiger partial charge on any atom is -0.349 e. The Labute approximate surface area is 151 Å². The largest absolute Gasteiger partial charge is 0.349 e. The van der Waals surface area contributed by atoms with Gasteiger partial charge in [0, 0.05) is 25.5 Å². The molecule has 0 unspecified atom stereocenters. The van der Waals surface area contributed by atoms with Crippen LogP contribution < -0.4 is 10.6 Å². The van der Waals surface area contributed by atoms with Crippen molar-refractivity contribution in [1.82, 2.24) is 14.9 Å². The summed E-state index contributed by atoms with van der Waals surface area (Å²) in [6, 6.07) is 7.37. The SMILES string of the molecule is Cn1ccnc1SCC(=O)Nc1ccccc1C(=O)NC1CCCC1. The minimum absolute atomic E-state index is 0.125. The maximum Gasteiger partial charge on any atom is 0.253 e. The number of aryl methyl sites for hydroxylation is 1. The molecular formula is C18H22N4O2S. The van der Waals surface area contributed by atoms with E-state index in [1.165, 1.54) is 11.8 Å². The highest BCUT2D eigenvalue weighted by atomic mass is 32.2. The highest BCUT2D eigenvalue weighted by Gasteiger charge is 2.20. The van der Waals surface area contributed by atoms with E-state index in [-0.39, 0.29) is 23.6 Å². The smallest absolute Gasteiger partial charge is 0.253 e. The summed E-state index contributed by atoms with van der Waals surface area (Å²) in [6.07, 6.45) is 7.91. The Morgan fingerprint density at radius 3 is 2.76 bits per heavy atom. The number of imidazole rings is 1. The van der Waals surface area contributed by atoms with E-state index in [1.54, 1.807) is 18.3 Å². The third-order valence-electron chi connectivity index (χ3n) is 4.25. The first-order chi connectivity index (χ1) is 12.1. The van der Waals surface area contributed by atoms with Gasteiger partial charge in [-0.1, -0.05) is 36.7 Å². The topological polar surface area (TPSA) is 76.0 Å². The number of nitrogens with one attached hydrogen (secondary N) is 2. The second-order valence-corrected chi connectivity index (χ2v) is 7.10. The lowest BCUT2D eigenvalue weighted by Gasteiger charge is -2.15. The Morgan fingerprint density at radius 1 is 1.28 bits per heavy atom. The number of aromatic nitrogens is 2. The molecule has 0 spiro atoms. The molecule has 3 rings (SSSR count). The van der Waals surface area contributed by atoms with Crippen molar-refractivity contribution < 1.29 is 9.59 Å². The van der Waals surface area contributed by atoms with Gasteiger partial charge in [-0.3, -0.25) is 9.59 Å². The molecule has 1 fully saturated rings. The van der Waals surface area contributed by atoms with Crippen LogP contribution in [0.1, 0.15) is 36.0 Å². The molecule has 1 aliphatic carbocycles. The lowest BCUT2D eigenvalue weighted by atomic mass is 10.1. The second-order valence-electron chi connectivity index (χ2n) is 6.16. The van der Waals surface area contributed by atoms with Crippen molar-refractivity contribution in [2.24, 2.45) is 7.05 Å². The number of carbonyl (C=O) groups excluding carboxylic acids is 2. The van der Waals surface area contributed by atoms with Gasteiger partial charge < -0.3 is 15.2 Å². The summed E-state index contributed by atoms with van der Waals surface area (Å²) in [5.74, 6) is -0.0441. The van der Waals surface area contributed by atoms with Crippen molar-refractivity contribution in [3.8, 4) is 0 Å². The molecule has 25 heavy (non-hydrogen) atoms. The summed E-state index contributed by atoms with van der Waals surface area (Å²) in [7, 11) is 1.88. The number of para-hydroxylation sites is 1. The molecular weight excluding hydrogens is 336 g/mol. The van der Waals surface area contributed by atoms with Crippen LogP contribution in [0.25, 0.3) is 0 Å². The van der Waals surface area contributed by atoms with Crippen LogP contribution in [0.5, 0.6) is 0 Å². The van der Waals surface area contributed by atoms with E-state index in [9.17, 15) is 9.59 Å². The van der Waals surface area contributed by atoms with Crippen LogP contribution in [0.15, 0.2) is 41.8 Å². The molecule has 0 bridgehead atoms. The molecule has 6 nitrogen and oxygen atoms in total. The molecule has 0 saturated heterocycles. The predicted molar refractivity (Wildman–Crippen MR) is 98.7 cm³/mol. The fourth-order valence-corrected chi connectivity index (χ4v) is 3.66. The van der Waals surface area contributed by atoms with Crippen LogP contribution in [0.2, 0.25) is 0 Å². The van der Waals surface area contributed by atoms with Crippen molar-refractivity contribution in [2.75, 3.05) is 11.1 Å². The van der Waals surface area contributed by atoms with Crippen molar-refractivity contribution in [1.29, 1.82) is 0 Å². The van der Waals surface area contributed by atoms with E-state index < -0.39 is 0 Å². The van der Waals surface area contributed by atoms with Crippen molar-refractivity contribution in [3.63, 3.8) is 0 Å². The number of hydrogen-bond acceptors (Lipinski definition) is 4. The molecule has 1 aromatic carbocycles. The first-order valence-electron chi connectivity index (χ1n) is 8.43. The first kappa shape index (κ1) is 17.5. The molecule has 0 atom stereocenters. The van der Waals surface area contributed by atoms with Crippen LogP contribution in [-0.2, 0) is 11.8 Å². The molecule has 1 aliphatic rings. The van der Waals surface area contributed by atoms with Gasteiger partial charge in [0.15, 0.2) is 5.16 Å². The quantitative estimate of drug-likeness (QED) is 0.779. The van der Waals surface area contributed by atoms with Crippen molar-refractivity contribution in [3.05, 3.63) is 42.2 Å². The molecule has 0 radical (unpaired) electrons. The zero-order chi connectivity index (χ0) is 17.6. The third-order valence-corrected chi connectivity index (χ3v) is 5.30. The van der Waals surface area contributed by atoms with Gasteiger partial charge in [0.25, 0.3) is 5.91 Å². The van der Waals surface area contributed by atoms with Gasteiger partial charge in [0.1, 0.15) is 0 Å². The Balaban J connectivity index is 1.60. The van der Waals surface area contributed by atoms with Crippen LogP contribution in [0, 0.1) is 0 Å². The van der Waals surface area contributed by atoms with Gasteiger partial charge in [-0.25, -0.2) is 4.98 Å². The Morgan fingerprint density at radius 2 is 2.04 bits per heavy atom. The number of amides is 2. The van der Waals surface area contributed by atoms with Gasteiger partial charge in [-0.2, -0.15) is 0 Å². The minimum atomic E-state index is -0.158. The highest BCUT2D eigenvalue weighted by Crippen LogP contribution is 2.21. The average Bonchev–Trinajstić information content (AvgIpc) is 3.25. The van der Waals surface area contributed by atoms with Crippen LogP contribution in [0.4, 0.5) is 5.69 Å². The summed E-state index contributed by atoms with van der Waals surface area (Å²) in [5, 5.41) is 6.68. The number of rotatable bonds is 6. The zero-order valence-corrected chi connectivity index (χ0v) is 15.0. The molecule has 132 valence electrons. The van der Waals surface area contributed by atoms with E-state index in [1.807, 2.05) is 29.9 Å². The fraction of sp³-hybridized carbons (Fsp3) is 0.389. The van der Waals surface area contributed by atoms with Crippen LogP contribution >= 0.6 is 11.8 Å². The maximum atomic E-state index is 12.5. The number of hydrogen-bond donors (Lipinski definition) is 2. The molecule has 1 heterocycles. The summed E-state index contributed by atoms with van der Waals surface area (Å²) >= 11 is 1.36. The summed E-state index contributed by atoms with van der Waals surface area (Å²) < 4.78 is 1.86. The number of benzene rings is 1. The van der Waals surface area contributed by atoms with E-state index in [4.69, 9.17) is 0 Å². The molecule has 0 aliphatic heterocycles. The van der Waals surface area contributed by atoms with Gasteiger partial charge >= 0.3 is 0 Å². The number of carbonyl (C=O) groups is 2.